The van der Waals surface area contributed by atoms with Crippen molar-refractivity contribution >= 4 is 58.2 Å². The van der Waals surface area contributed by atoms with Crippen molar-refractivity contribution in [3.8, 4) is 0 Å². The number of anilines is 1. The Morgan fingerprint density at radius 3 is 2.57 bits per heavy atom. The number of amides is 1. The van der Waals surface area contributed by atoms with Gasteiger partial charge in [0.2, 0.25) is 0 Å². The first-order chi connectivity index (χ1) is 16.2. The van der Waals surface area contributed by atoms with Gasteiger partial charge in [0, 0.05) is 12.1 Å². The van der Waals surface area contributed by atoms with Crippen molar-refractivity contribution in [2.75, 3.05) is 18.4 Å². The van der Waals surface area contributed by atoms with Crippen LogP contribution in [0.3, 0.4) is 0 Å². The maximum absolute atomic E-state index is 13.0. The molecule has 0 aromatic carbocycles. The molecule has 0 saturated carbocycles. The van der Waals surface area contributed by atoms with E-state index in [2.05, 4.69) is 39.2 Å². The van der Waals surface area contributed by atoms with E-state index >= 15 is 0 Å². The van der Waals surface area contributed by atoms with Crippen LogP contribution in [0.1, 0.15) is 43.6 Å². The fourth-order valence-electron chi connectivity index (χ4n) is 4.19. The van der Waals surface area contributed by atoms with Crippen molar-refractivity contribution in [3.63, 3.8) is 0 Å². The number of pyridine rings is 2. The summed E-state index contributed by atoms with van der Waals surface area (Å²) in [6.07, 6.45) is 3.17. The molecule has 2 aromatic rings. The second-order valence-corrected chi connectivity index (χ2v) is 18.0. The van der Waals surface area contributed by atoms with Crippen LogP contribution in [-0.4, -0.2) is 51.0 Å². The molecule has 3 N–H and O–H groups in total. The molecule has 35 heavy (non-hydrogen) atoms. The highest BCUT2D eigenvalue weighted by Gasteiger charge is 2.30. The molecule has 2 aromatic heterocycles. The van der Waals surface area contributed by atoms with Gasteiger partial charge in [0.25, 0.3) is 15.9 Å². The largest absolute Gasteiger partial charge is 0.370 e. The van der Waals surface area contributed by atoms with E-state index in [4.69, 9.17) is 23.2 Å². The van der Waals surface area contributed by atoms with E-state index in [-0.39, 0.29) is 26.4 Å². The summed E-state index contributed by atoms with van der Waals surface area (Å²) in [6, 6.07) is 6.22. The van der Waals surface area contributed by atoms with Gasteiger partial charge >= 0.3 is 0 Å². The van der Waals surface area contributed by atoms with Crippen LogP contribution < -0.4 is 20.5 Å². The van der Waals surface area contributed by atoms with Gasteiger partial charge in [-0.3, -0.25) is 4.79 Å². The molecule has 1 atom stereocenters. The van der Waals surface area contributed by atoms with E-state index in [1.807, 2.05) is 19.6 Å². The predicted molar refractivity (Wildman–Crippen MR) is 144 cm³/mol. The molecule has 192 valence electrons. The van der Waals surface area contributed by atoms with E-state index in [9.17, 15) is 13.2 Å². The number of aromatic nitrogens is 2. The SMILES string of the molecule is CC1(C)C[C@H](CCCNc2cccc(S(=O)(=O)NC(=O)c3nc(Cl)c(Cl)cc3[Si](C)(C)C)n2)CN1. The second-order valence-electron chi connectivity index (χ2n) is 10.6. The summed E-state index contributed by atoms with van der Waals surface area (Å²) in [4.78, 5) is 21.2. The van der Waals surface area contributed by atoms with Crippen molar-refractivity contribution in [2.24, 2.45) is 5.92 Å². The number of nitrogens with one attached hydrogen (secondary N) is 3. The third kappa shape index (κ3) is 7.39. The molecule has 12 heteroatoms. The Labute approximate surface area is 218 Å². The molecule has 1 aliphatic heterocycles. The molecule has 8 nitrogen and oxygen atoms in total. The van der Waals surface area contributed by atoms with Crippen LogP contribution in [0.5, 0.6) is 0 Å². The second kappa shape index (κ2) is 10.7. The Balaban J connectivity index is 1.67. The van der Waals surface area contributed by atoms with Gasteiger partial charge in [-0.2, -0.15) is 8.42 Å². The van der Waals surface area contributed by atoms with Crippen molar-refractivity contribution in [1.29, 1.82) is 0 Å². The van der Waals surface area contributed by atoms with Crippen molar-refractivity contribution in [3.05, 3.63) is 40.1 Å². The Kier molecular flexibility index (Phi) is 8.53. The van der Waals surface area contributed by atoms with E-state index < -0.39 is 24.0 Å². The smallest absolute Gasteiger partial charge is 0.283 e. The summed E-state index contributed by atoms with van der Waals surface area (Å²) in [5.74, 6) is 0.201. The van der Waals surface area contributed by atoms with Gasteiger partial charge in [-0.1, -0.05) is 48.9 Å². The van der Waals surface area contributed by atoms with E-state index in [1.54, 1.807) is 18.2 Å². The molecule has 1 aliphatic rings. The van der Waals surface area contributed by atoms with Gasteiger partial charge in [-0.05, 0) is 69.0 Å². The third-order valence-electron chi connectivity index (χ3n) is 5.95. The lowest BCUT2D eigenvalue weighted by Gasteiger charge is -2.20. The van der Waals surface area contributed by atoms with E-state index in [0.29, 0.717) is 23.5 Å². The minimum Gasteiger partial charge on any atom is -0.370 e. The van der Waals surface area contributed by atoms with E-state index in [0.717, 1.165) is 25.8 Å². The lowest BCUT2D eigenvalue weighted by Crippen LogP contribution is -2.45. The fraction of sp³-hybridized carbons (Fsp3) is 0.522. The normalized spacial score (nSPS) is 17.9. The van der Waals surface area contributed by atoms with Crippen LogP contribution in [0.4, 0.5) is 5.82 Å². The van der Waals surface area contributed by atoms with Crippen LogP contribution in [0, 0.1) is 5.92 Å². The lowest BCUT2D eigenvalue weighted by atomic mass is 9.94. The van der Waals surface area contributed by atoms with Crippen molar-refractivity contribution in [1.82, 2.24) is 20.0 Å². The molecule has 1 saturated heterocycles. The van der Waals surface area contributed by atoms with Gasteiger partial charge in [-0.15, -0.1) is 0 Å². The van der Waals surface area contributed by atoms with Gasteiger partial charge < -0.3 is 10.6 Å². The lowest BCUT2D eigenvalue weighted by molar-refractivity contribution is 0.0977. The zero-order valence-corrected chi connectivity index (χ0v) is 24.0. The van der Waals surface area contributed by atoms with E-state index in [1.165, 1.54) is 6.07 Å². The number of hydrogen-bond acceptors (Lipinski definition) is 7. The number of carbonyl (C=O) groups excluding carboxylic acids is 1. The van der Waals surface area contributed by atoms with Crippen molar-refractivity contribution in [2.45, 2.75) is 63.3 Å². The summed E-state index contributed by atoms with van der Waals surface area (Å²) < 4.78 is 28.0. The monoisotopic (exact) mass is 557 g/mol. The highest BCUT2D eigenvalue weighted by molar-refractivity contribution is 7.90. The first-order valence-corrected chi connectivity index (χ1v) is 17.3. The first kappa shape index (κ1) is 27.9. The number of carbonyl (C=O) groups is 1. The van der Waals surface area contributed by atoms with Gasteiger partial charge in [0.15, 0.2) is 5.03 Å². The Bertz CT molecular complexity index is 1200. The number of hydrogen-bond donors (Lipinski definition) is 3. The molecule has 1 amide bonds. The summed E-state index contributed by atoms with van der Waals surface area (Å²) in [5, 5.41) is 7.22. The summed E-state index contributed by atoms with van der Waals surface area (Å²) in [5.41, 5.74) is 0.149. The minimum atomic E-state index is -4.23. The molecule has 3 rings (SSSR count). The maximum atomic E-state index is 13.0. The van der Waals surface area contributed by atoms with Gasteiger partial charge in [-0.25, -0.2) is 14.7 Å². The summed E-state index contributed by atoms with van der Waals surface area (Å²) in [7, 11) is -6.32. The van der Waals surface area contributed by atoms with Crippen LogP contribution in [0.15, 0.2) is 29.3 Å². The van der Waals surface area contributed by atoms with Crippen molar-refractivity contribution < 1.29 is 13.2 Å². The summed E-state index contributed by atoms with van der Waals surface area (Å²) in [6.45, 7) is 12.1. The Hall–Kier alpha value is -1.72. The zero-order valence-electron chi connectivity index (χ0n) is 20.7. The Morgan fingerprint density at radius 2 is 1.94 bits per heavy atom. The minimum absolute atomic E-state index is 0.0407. The quantitative estimate of drug-likeness (QED) is 0.242. The average molecular weight is 559 g/mol. The van der Waals surface area contributed by atoms with Gasteiger partial charge in [0.05, 0.1) is 13.1 Å². The molecule has 0 spiro atoms. The molecule has 1 fully saturated rings. The molecular formula is C23H33Cl2N5O3SSi. The van der Waals surface area contributed by atoms with Crippen LogP contribution in [0.25, 0.3) is 0 Å². The number of halogens is 2. The highest BCUT2D eigenvalue weighted by atomic mass is 35.5. The topological polar surface area (TPSA) is 113 Å². The molecular weight excluding hydrogens is 525 g/mol. The average Bonchev–Trinajstić information content (AvgIpc) is 3.10. The van der Waals surface area contributed by atoms with Crippen LogP contribution >= 0.6 is 23.2 Å². The molecule has 0 aliphatic carbocycles. The third-order valence-corrected chi connectivity index (χ3v) is 9.85. The molecule has 3 heterocycles. The predicted octanol–water partition coefficient (Wildman–Crippen LogP) is 4.03. The number of sulfonamides is 1. The first-order valence-electron chi connectivity index (χ1n) is 11.6. The maximum Gasteiger partial charge on any atom is 0.283 e. The number of nitrogens with zero attached hydrogens (tertiary/aromatic N) is 2. The van der Waals surface area contributed by atoms with Crippen LogP contribution in [0.2, 0.25) is 29.8 Å². The standard InChI is InChI=1S/C23H33Cl2N5O3SSi/c1-23(2)13-15(14-27-23)8-7-11-26-18-9-6-10-19(28-18)34(32,33)30-22(31)20-17(35(3,4)5)12-16(24)21(25)29-20/h6,9-10,12,15,27H,7-8,11,13-14H2,1-5H3,(H,26,28)(H,30,31)/t15-/m0/s1. The highest BCUT2D eigenvalue weighted by Crippen LogP contribution is 2.26. The zero-order chi connectivity index (χ0) is 26.0. The molecule has 0 radical (unpaired) electrons. The molecule has 0 unspecified atom stereocenters. The molecule has 0 bridgehead atoms. The number of rotatable bonds is 9. The van der Waals surface area contributed by atoms with Gasteiger partial charge in [0.1, 0.15) is 16.7 Å². The Morgan fingerprint density at radius 1 is 1.23 bits per heavy atom. The summed E-state index contributed by atoms with van der Waals surface area (Å²) >= 11 is 12.1. The van der Waals surface area contributed by atoms with Crippen LogP contribution in [-0.2, 0) is 10.0 Å². The fourth-order valence-corrected chi connectivity index (χ4v) is 6.96.